The van der Waals surface area contributed by atoms with Gasteiger partial charge in [0.2, 0.25) is 11.2 Å². The molecular weight excluding hydrogens is 340 g/mol. The molecule has 4 aromatic rings. The summed E-state index contributed by atoms with van der Waals surface area (Å²) >= 11 is 5.94. The molecule has 0 unspecified atom stereocenters. The van der Waals surface area contributed by atoms with Crippen molar-refractivity contribution in [1.29, 1.82) is 0 Å². The van der Waals surface area contributed by atoms with Gasteiger partial charge in [0.25, 0.3) is 0 Å². The molecule has 0 aliphatic rings. The van der Waals surface area contributed by atoms with E-state index in [1.807, 2.05) is 48.5 Å². The molecule has 0 aliphatic heterocycles. The van der Waals surface area contributed by atoms with Gasteiger partial charge in [-0.25, -0.2) is 0 Å². The van der Waals surface area contributed by atoms with Crippen molar-refractivity contribution < 1.29 is 9.47 Å². The molecule has 0 amide bonds. The first-order valence-electron chi connectivity index (χ1n) is 7.53. The van der Waals surface area contributed by atoms with Crippen LogP contribution >= 0.6 is 11.6 Å². The summed E-state index contributed by atoms with van der Waals surface area (Å²) in [6, 6.07) is 19.1. The molecule has 0 N–H and O–H groups in total. The summed E-state index contributed by atoms with van der Waals surface area (Å²) in [4.78, 5) is 0. The molecule has 6 nitrogen and oxygen atoms in total. The molecule has 0 aliphatic carbocycles. The SMILES string of the molecule is COc1ccc(-c2cccc(Oc3ccc4nnc(Cl)n4n3)c2)cc1. The van der Waals surface area contributed by atoms with Gasteiger partial charge in [0.1, 0.15) is 11.5 Å². The largest absolute Gasteiger partial charge is 0.497 e. The van der Waals surface area contributed by atoms with Crippen molar-refractivity contribution in [3.63, 3.8) is 0 Å². The third kappa shape index (κ3) is 3.12. The summed E-state index contributed by atoms with van der Waals surface area (Å²) in [7, 11) is 1.65. The lowest BCUT2D eigenvalue weighted by atomic mass is 10.1. The number of hydrogen-bond donors (Lipinski definition) is 0. The predicted octanol–water partition coefficient (Wildman–Crippen LogP) is 4.25. The van der Waals surface area contributed by atoms with Gasteiger partial charge in [0.05, 0.1) is 7.11 Å². The highest BCUT2D eigenvalue weighted by molar-refractivity contribution is 6.28. The van der Waals surface area contributed by atoms with Gasteiger partial charge in [0, 0.05) is 6.07 Å². The summed E-state index contributed by atoms with van der Waals surface area (Å²) in [5.74, 6) is 1.89. The van der Waals surface area contributed by atoms with Crippen molar-refractivity contribution >= 4 is 17.2 Å². The number of nitrogens with zero attached hydrogens (tertiary/aromatic N) is 4. The van der Waals surface area contributed by atoms with E-state index in [1.165, 1.54) is 4.52 Å². The Labute approximate surface area is 148 Å². The number of aromatic nitrogens is 4. The molecule has 124 valence electrons. The number of methoxy groups -OCH3 is 1. The van der Waals surface area contributed by atoms with Crippen LogP contribution in [0.15, 0.2) is 60.7 Å². The van der Waals surface area contributed by atoms with Gasteiger partial charge in [-0.1, -0.05) is 24.3 Å². The van der Waals surface area contributed by atoms with E-state index in [0.29, 0.717) is 17.3 Å². The summed E-state index contributed by atoms with van der Waals surface area (Å²) in [6.07, 6.45) is 0. The van der Waals surface area contributed by atoms with Crippen molar-refractivity contribution in [2.45, 2.75) is 0 Å². The molecule has 0 bridgehead atoms. The zero-order chi connectivity index (χ0) is 17.2. The minimum Gasteiger partial charge on any atom is -0.497 e. The highest BCUT2D eigenvalue weighted by atomic mass is 35.5. The number of ether oxygens (including phenoxy) is 2. The number of rotatable bonds is 4. The van der Waals surface area contributed by atoms with Crippen LogP contribution in [0.2, 0.25) is 5.28 Å². The highest BCUT2D eigenvalue weighted by Crippen LogP contribution is 2.28. The van der Waals surface area contributed by atoms with Crippen LogP contribution < -0.4 is 9.47 Å². The molecule has 25 heavy (non-hydrogen) atoms. The van der Waals surface area contributed by atoms with E-state index in [1.54, 1.807) is 19.2 Å². The molecule has 0 radical (unpaired) electrons. The topological polar surface area (TPSA) is 61.5 Å². The van der Waals surface area contributed by atoms with Crippen LogP contribution in [-0.4, -0.2) is 26.9 Å². The predicted molar refractivity (Wildman–Crippen MR) is 94.3 cm³/mol. The number of hydrogen-bond acceptors (Lipinski definition) is 5. The van der Waals surface area contributed by atoms with E-state index in [2.05, 4.69) is 15.3 Å². The Hall–Kier alpha value is -3.12. The van der Waals surface area contributed by atoms with E-state index >= 15 is 0 Å². The van der Waals surface area contributed by atoms with Crippen LogP contribution in [0.5, 0.6) is 17.4 Å². The Morgan fingerprint density at radius 3 is 2.52 bits per heavy atom. The quantitative estimate of drug-likeness (QED) is 0.549. The van der Waals surface area contributed by atoms with Gasteiger partial charge in [-0.3, -0.25) is 0 Å². The Morgan fingerprint density at radius 2 is 1.72 bits per heavy atom. The van der Waals surface area contributed by atoms with Gasteiger partial charge in [-0.15, -0.1) is 15.3 Å². The van der Waals surface area contributed by atoms with Crippen molar-refractivity contribution in [3.8, 4) is 28.5 Å². The van der Waals surface area contributed by atoms with Crippen molar-refractivity contribution in [2.75, 3.05) is 7.11 Å². The van der Waals surface area contributed by atoms with Gasteiger partial charge >= 0.3 is 0 Å². The Morgan fingerprint density at radius 1 is 0.880 bits per heavy atom. The fraction of sp³-hybridized carbons (Fsp3) is 0.0556. The van der Waals surface area contributed by atoms with Crippen LogP contribution in [0, 0.1) is 0 Å². The first-order chi connectivity index (χ1) is 12.2. The van der Waals surface area contributed by atoms with E-state index in [0.717, 1.165) is 16.9 Å². The average Bonchev–Trinajstić information content (AvgIpc) is 3.03. The maximum Gasteiger partial charge on any atom is 0.246 e. The zero-order valence-corrected chi connectivity index (χ0v) is 14.0. The fourth-order valence-electron chi connectivity index (χ4n) is 2.44. The van der Waals surface area contributed by atoms with Crippen molar-refractivity contribution in [1.82, 2.24) is 19.8 Å². The summed E-state index contributed by atoms with van der Waals surface area (Å²) < 4.78 is 12.5. The lowest BCUT2D eigenvalue weighted by Gasteiger charge is -2.08. The Kier molecular flexibility index (Phi) is 3.95. The maximum absolute atomic E-state index is 5.94. The maximum atomic E-state index is 5.94. The molecule has 7 heteroatoms. The van der Waals surface area contributed by atoms with Crippen molar-refractivity contribution in [2.24, 2.45) is 0 Å². The Balaban J connectivity index is 1.62. The smallest absolute Gasteiger partial charge is 0.246 e. The van der Waals surface area contributed by atoms with Gasteiger partial charge < -0.3 is 9.47 Å². The van der Waals surface area contributed by atoms with Gasteiger partial charge in [-0.05, 0) is 53.1 Å². The first-order valence-corrected chi connectivity index (χ1v) is 7.91. The molecule has 0 atom stereocenters. The molecule has 0 saturated heterocycles. The minimum atomic E-state index is 0.187. The third-order valence-electron chi connectivity index (χ3n) is 3.68. The van der Waals surface area contributed by atoms with Gasteiger partial charge in [0.15, 0.2) is 5.65 Å². The fourth-order valence-corrected chi connectivity index (χ4v) is 2.61. The first kappa shape index (κ1) is 15.4. The highest BCUT2D eigenvalue weighted by Gasteiger charge is 2.07. The molecular formula is C18H13ClN4O2. The molecule has 0 spiro atoms. The second-order valence-electron chi connectivity index (χ2n) is 5.27. The number of benzene rings is 2. The van der Waals surface area contributed by atoms with Crippen molar-refractivity contribution in [3.05, 3.63) is 65.9 Å². The van der Waals surface area contributed by atoms with E-state index in [-0.39, 0.29) is 5.28 Å². The van der Waals surface area contributed by atoms with Crippen LogP contribution in [0.4, 0.5) is 0 Å². The second kappa shape index (κ2) is 6.41. The average molecular weight is 353 g/mol. The molecule has 0 saturated carbocycles. The zero-order valence-electron chi connectivity index (χ0n) is 13.3. The minimum absolute atomic E-state index is 0.187. The lowest BCUT2D eigenvalue weighted by molar-refractivity contribution is 0.415. The van der Waals surface area contributed by atoms with Crippen LogP contribution in [-0.2, 0) is 0 Å². The van der Waals surface area contributed by atoms with Crippen LogP contribution in [0.3, 0.4) is 0 Å². The molecule has 0 fully saturated rings. The second-order valence-corrected chi connectivity index (χ2v) is 5.61. The molecule has 4 rings (SSSR count). The Bertz CT molecular complexity index is 1030. The van der Waals surface area contributed by atoms with E-state index in [9.17, 15) is 0 Å². The van der Waals surface area contributed by atoms with Crippen LogP contribution in [0.25, 0.3) is 16.8 Å². The molecule has 2 heterocycles. The summed E-state index contributed by atoms with van der Waals surface area (Å²) in [5, 5.41) is 12.1. The van der Waals surface area contributed by atoms with Gasteiger partial charge in [-0.2, -0.15) is 4.52 Å². The monoisotopic (exact) mass is 352 g/mol. The summed E-state index contributed by atoms with van der Waals surface area (Å²) in [6.45, 7) is 0. The summed E-state index contributed by atoms with van der Waals surface area (Å²) in [5.41, 5.74) is 2.66. The third-order valence-corrected chi connectivity index (χ3v) is 3.92. The van der Waals surface area contributed by atoms with E-state index in [4.69, 9.17) is 21.1 Å². The number of fused-ring (bicyclic) bond motifs is 1. The normalized spacial score (nSPS) is 10.8. The lowest BCUT2D eigenvalue weighted by Crippen LogP contribution is -1.95. The molecule has 2 aromatic heterocycles. The number of halogens is 1. The molecule has 2 aromatic carbocycles. The van der Waals surface area contributed by atoms with E-state index < -0.39 is 0 Å². The standard InChI is InChI=1S/C18H13ClN4O2/c1-24-14-7-5-12(6-8-14)13-3-2-4-15(11-13)25-17-10-9-16-20-21-18(19)23(16)22-17/h2-11H,1H3. The van der Waals surface area contributed by atoms with Crippen LogP contribution in [0.1, 0.15) is 0 Å².